The first-order valence-electron chi connectivity index (χ1n) is 6.55. The molecule has 3 rings (SSSR count). The zero-order valence-electron chi connectivity index (χ0n) is 10.6. The third-order valence-electron chi connectivity index (χ3n) is 3.85. The van der Waals surface area contributed by atoms with Crippen LogP contribution in [0.2, 0.25) is 10.0 Å². The van der Waals surface area contributed by atoms with Gasteiger partial charge in [-0.05, 0) is 25.0 Å². The molecule has 1 saturated heterocycles. The lowest BCUT2D eigenvalue weighted by Crippen LogP contribution is -2.29. The molecular weight excluding hydrogens is 303 g/mol. The molecule has 1 heterocycles. The normalized spacial score (nSPS) is 28.1. The van der Waals surface area contributed by atoms with Crippen molar-refractivity contribution in [3.63, 3.8) is 0 Å². The van der Waals surface area contributed by atoms with Gasteiger partial charge in [0.1, 0.15) is 6.10 Å². The molecule has 0 amide bonds. The van der Waals surface area contributed by atoms with Crippen molar-refractivity contribution >= 4 is 29.2 Å². The maximum atomic E-state index is 11.5. The molecule has 0 radical (unpaired) electrons. The van der Waals surface area contributed by atoms with Crippen molar-refractivity contribution in [3.05, 3.63) is 33.8 Å². The highest BCUT2D eigenvalue weighted by molar-refractivity contribution is 6.36. The molecule has 1 spiro atoms. The summed E-state index contributed by atoms with van der Waals surface area (Å²) in [6, 6.07) is 5.06. The van der Waals surface area contributed by atoms with Gasteiger partial charge < -0.3 is 14.6 Å². The van der Waals surface area contributed by atoms with Crippen molar-refractivity contribution in [2.75, 3.05) is 0 Å². The number of halogens is 2. The molecule has 1 aromatic rings. The number of hydrogen-bond donors (Lipinski definition) is 1. The molecule has 6 heteroatoms. The highest BCUT2D eigenvalue weighted by Crippen LogP contribution is 2.49. The number of hydrogen-bond acceptors (Lipinski definition) is 3. The lowest BCUT2D eigenvalue weighted by molar-refractivity contribution is -0.179. The first kappa shape index (κ1) is 14.1. The molecule has 1 aliphatic carbocycles. The molecule has 2 aliphatic rings. The maximum absolute atomic E-state index is 11.5. The van der Waals surface area contributed by atoms with Crippen LogP contribution in [0.5, 0.6) is 0 Å². The van der Waals surface area contributed by atoms with Crippen LogP contribution in [-0.2, 0) is 14.3 Å². The number of benzene rings is 1. The Kier molecular flexibility index (Phi) is 3.67. The van der Waals surface area contributed by atoms with Gasteiger partial charge in [-0.3, -0.25) is 0 Å². The molecule has 2 atom stereocenters. The van der Waals surface area contributed by atoms with Crippen molar-refractivity contribution < 1.29 is 19.4 Å². The van der Waals surface area contributed by atoms with Crippen molar-refractivity contribution in [3.8, 4) is 0 Å². The summed E-state index contributed by atoms with van der Waals surface area (Å²) in [5, 5.41) is 10.2. The molecule has 2 fully saturated rings. The SMILES string of the molecule is O=C(O)C1OC2(CCCC2)OC1c1c(Cl)cccc1Cl. The Morgan fingerprint density at radius 2 is 1.80 bits per heavy atom. The number of ether oxygens (including phenoxy) is 2. The van der Waals surface area contributed by atoms with E-state index in [2.05, 4.69) is 0 Å². The minimum absolute atomic E-state index is 0.396. The van der Waals surface area contributed by atoms with E-state index < -0.39 is 24.0 Å². The summed E-state index contributed by atoms with van der Waals surface area (Å²) in [5.41, 5.74) is 0.493. The summed E-state index contributed by atoms with van der Waals surface area (Å²) in [6.45, 7) is 0. The van der Waals surface area contributed by atoms with E-state index in [9.17, 15) is 9.90 Å². The van der Waals surface area contributed by atoms with Crippen molar-refractivity contribution in [1.82, 2.24) is 0 Å². The molecule has 20 heavy (non-hydrogen) atoms. The Morgan fingerprint density at radius 1 is 1.20 bits per heavy atom. The number of carboxylic acids is 1. The average molecular weight is 317 g/mol. The monoisotopic (exact) mass is 316 g/mol. The predicted molar refractivity (Wildman–Crippen MR) is 74.0 cm³/mol. The van der Waals surface area contributed by atoms with Crippen LogP contribution >= 0.6 is 23.2 Å². The molecule has 108 valence electrons. The zero-order valence-corrected chi connectivity index (χ0v) is 12.2. The minimum atomic E-state index is -1.08. The van der Waals surface area contributed by atoms with E-state index in [1.807, 2.05) is 0 Å². The van der Waals surface area contributed by atoms with E-state index in [1.165, 1.54) is 0 Å². The highest BCUT2D eigenvalue weighted by Gasteiger charge is 2.53. The van der Waals surface area contributed by atoms with Crippen LogP contribution in [0.1, 0.15) is 37.4 Å². The first-order chi connectivity index (χ1) is 9.52. The molecule has 1 aliphatic heterocycles. The quantitative estimate of drug-likeness (QED) is 0.901. The molecule has 0 aromatic heterocycles. The van der Waals surface area contributed by atoms with Crippen LogP contribution in [0.4, 0.5) is 0 Å². The van der Waals surface area contributed by atoms with Crippen LogP contribution < -0.4 is 0 Å². The molecular formula is C14H14Cl2O4. The fourth-order valence-corrected chi connectivity index (χ4v) is 3.55. The van der Waals surface area contributed by atoms with Crippen LogP contribution in [0, 0.1) is 0 Å². The molecule has 4 nitrogen and oxygen atoms in total. The van der Waals surface area contributed by atoms with Gasteiger partial charge in [0.25, 0.3) is 0 Å². The van der Waals surface area contributed by atoms with Crippen LogP contribution in [-0.4, -0.2) is 23.0 Å². The van der Waals surface area contributed by atoms with Crippen molar-refractivity contribution in [1.29, 1.82) is 0 Å². The van der Waals surface area contributed by atoms with Gasteiger partial charge in [-0.1, -0.05) is 29.3 Å². The Balaban J connectivity index is 2.00. The maximum Gasteiger partial charge on any atom is 0.336 e. The van der Waals surface area contributed by atoms with Gasteiger partial charge >= 0.3 is 5.97 Å². The standard InChI is InChI=1S/C14H14Cl2O4/c15-8-4-3-5-9(16)10(8)11-12(13(17)18)20-14(19-11)6-1-2-7-14/h3-5,11-12H,1-2,6-7H2,(H,17,18). The molecule has 1 N–H and O–H groups in total. The van der Waals surface area contributed by atoms with E-state index in [-0.39, 0.29) is 0 Å². The van der Waals surface area contributed by atoms with Gasteiger partial charge in [-0.2, -0.15) is 0 Å². The van der Waals surface area contributed by atoms with E-state index in [0.717, 1.165) is 12.8 Å². The third kappa shape index (κ3) is 2.31. The van der Waals surface area contributed by atoms with Gasteiger partial charge in [0, 0.05) is 28.5 Å². The fraction of sp³-hybridized carbons (Fsp3) is 0.500. The summed E-state index contributed by atoms with van der Waals surface area (Å²) in [6.07, 6.45) is 1.49. The van der Waals surface area contributed by atoms with Gasteiger partial charge in [-0.25, -0.2) is 4.79 Å². The molecule has 0 bridgehead atoms. The molecule has 1 aromatic carbocycles. The van der Waals surface area contributed by atoms with Gasteiger partial charge in [0.15, 0.2) is 11.9 Å². The second-order valence-corrected chi connectivity index (χ2v) is 5.98. The Labute approximate surface area is 126 Å². The number of carbonyl (C=O) groups is 1. The van der Waals surface area contributed by atoms with Gasteiger partial charge in [0.05, 0.1) is 0 Å². The number of rotatable bonds is 2. The largest absolute Gasteiger partial charge is 0.479 e. The number of carboxylic acid groups (broad SMARTS) is 1. The second kappa shape index (κ2) is 5.19. The van der Waals surface area contributed by atoms with Crippen LogP contribution in [0.15, 0.2) is 18.2 Å². The Bertz CT molecular complexity index is 520. The average Bonchev–Trinajstić information content (AvgIpc) is 2.98. The van der Waals surface area contributed by atoms with E-state index in [1.54, 1.807) is 18.2 Å². The minimum Gasteiger partial charge on any atom is -0.479 e. The van der Waals surface area contributed by atoms with Crippen LogP contribution in [0.3, 0.4) is 0 Å². The van der Waals surface area contributed by atoms with Crippen molar-refractivity contribution in [2.45, 2.75) is 43.7 Å². The van der Waals surface area contributed by atoms with Crippen molar-refractivity contribution in [2.24, 2.45) is 0 Å². The topological polar surface area (TPSA) is 55.8 Å². The Morgan fingerprint density at radius 3 is 2.35 bits per heavy atom. The summed E-state index contributed by atoms with van der Waals surface area (Å²) in [7, 11) is 0. The fourth-order valence-electron chi connectivity index (χ4n) is 2.94. The smallest absolute Gasteiger partial charge is 0.336 e. The summed E-state index contributed by atoms with van der Waals surface area (Å²) in [4.78, 5) is 11.5. The van der Waals surface area contributed by atoms with Gasteiger partial charge in [-0.15, -0.1) is 0 Å². The highest BCUT2D eigenvalue weighted by atomic mass is 35.5. The lowest BCUT2D eigenvalue weighted by Gasteiger charge is -2.22. The second-order valence-electron chi connectivity index (χ2n) is 5.17. The van der Waals surface area contributed by atoms with E-state index in [4.69, 9.17) is 32.7 Å². The van der Waals surface area contributed by atoms with Gasteiger partial charge in [0.2, 0.25) is 0 Å². The third-order valence-corrected chi connectivity index (χ3v) is 4.51. The number of aliphatic carboxylic acids is 1. The summed E-state index contributed by atoms with van der Waals surface area (Å²) in [5.74, 6) is -1.86. The van der Waals surface area contributed by atoms with E-state index in [0.29, 0.717) is 28.5 Å². The van der Waals surface area contributed by atoms with Crippen LogP contribution in [0.25, 0.3) is 0 Å². The zero-order chi connectivity index (χ0) is 14.3. The lowest BCUT2D eigenvalue weighted by atomic mass is 10.0. The Hall–Kier alpha value is -0.810. The van der Waals surface area contributed by atoms with E-state index >= 15 is 0 Å². The summed E-state index contributed by atoms with van der Waals surface area (Å²) < 4.78 is 11.7. The first-order valence-corrected chi connectivity index (χ1v) is 7.30. The molecule has 1 saturated carbocycles. The molecule has 2 unspecified atom stereocenters. The summed E-state index contributed by atoms with van der Waals surface area (Å²) >= 11 is 12.3. The predicted octanol–water partition coefficient (Wildman–Crippen LogP) is 3.80.